The van der Waals surface area contributed by atoms with Crippen LogP contribution < -0.4 is 10.9 Å². The van der Waals surface area contributed by atoms with Crippen molar-refractivity contribution in [2.45, 2.75) is 30.7 Å². The fourth-order valence-electron chi connectivity index (χ4n) is 2.01. The fraction of sp³-hybridized carbons (Fsp3) is 0.400. The predicted molar refractivity (Wildman–Crippen MR) is 92.6 cm³/mol. The van der Waals surface area contributed by atoms with E-state index < -0.39 is 11.2 Å². The van der Waals surface area contributed by atoms with E-state index >= 15 is 0 Å². The van der Waals surface area contributed by atoms with Crippen LogP contribution in [0.3, 0.4) is 0 Å². The van der Waals surface area contributed by atoms with E-state index in [1.165, 1.54) is 23.1 Å². The second kappa shape index (κ2) is 8.47. The van der Waals surface area contributed by atoms with Crippen molar-refractivity contribution in [3.63, 3.8) is 0 Å². The third-order valence-electron chi connectivity index (χ3n) is 3.24. The summed E-state index contributed by atoms with van der Waals surface area (Å²) in [6, 6.07) is 1.30. The number of rotatable bonds is 7. The highest BCUT2D eigenvalue weighted by atomic mass is 32.2. The van der Waals surface area contributed by atoms with Crippen LogP contribution in [0.15, 0.2) is 28.4 Å². The third-order valence-corrected chi connectivity index (χ3v) is 4.50. The summed E-state index contributed by atoms with van der Waals surface area (Å²) in [7, 11) is 1.61. The lowest BCUT2D eigenvalue weighted by Crippen LogP contribution is -2.27. The first-order chi connectivity index (χ1) is 12.0. The molecule has 0 aromatic carbocycles. The molecule has 1 amide bonds. The smallest absolute Gasteiger partial charge is 0.343 e. The summed E-state index contributed by atoms with van der Waals surface area (Å²) in [5, 5.41) is 6.54. The Labute approximate surface area is 148 Å². The van der Waals surface area contributed by atoms with E-state index in [0.29, 0.717) is 11.6 Å². The highest BCUT2D eigenvalue weighted by Crippen LogP contribution is 2.23. The van der Waals surface area contributed by atoms with Gasteiger partial charge in [-0.1, -0.05) is 18.7 Å². The first-order valence-corrected chi connectivity index (χ1v) is 8.56. The number of carbonyl (C=O) groups excluding carboxylic acids is 2. The van der Waals surface area contributed by atoms with Gasteiger partial charge in [0.15, 0.2) is 5.16 Å². The molecule has 0 aliphatic carbocycles. The molecule has 0 spiro atoms. The maximum absolute atomic E-state index is 12.6. The topological polar surface area (TPSA) is 119 Å². The molecule has 0 bridgehead atoms. The summed E-state index contributed by atoms with van der Waals surface area (Å²) in [4.78, 5) is 42.5. The second-order valence-corrected chi connectivity index (χ2v) is 6.19. The number of nitrogens with zero attached hydrogens (tertiary/aromatic N) is 3. The van der Waals surface area contributed by atoms with E-state index in [-0.39, 0.29) is 29.5 Å². The predicted octanol–water partition coefficient (Wildman–Crippen LogP) is 1.19. The monoisotopic (exact) mass is 365 g/mol. The van der Waals surface area contributed by atoms with Crippen LogP contribution >= 0.6 is 11.8 Å². The minimum atomic E-state index is -0.555. The average Bonchev–Trinajstić information content (AvgIpc) is 2.93. The van der Waals surface area contributed by atoms with Crippen molar-refractivity contribution in [1.29, 1.82) is 0 Å². The minimum absolute atomic E-state index is 0.184. The van der Waals surface area contributed by atoms with Crippen LogP contribution in [0.2, 0.25) is 0 Å². The lowest BCUT2D eigenvalue weighted by molar-refractivity contribution is -0.115. The lowest BCUT2D eigenvalue weighted by atomic mass is 10.3. The first-order valence-electron chi connectivity index (χ1n) is 7.68. The molecule has 0 radical (unpaired) electrons. The largest absolute Gasteiger partial charge is 0.462 e. The number of esters is 1. The Balaban J connectivity index is 2.16. The molecule has 9 nitrogen and oxygen atoms in total. The van der Waals surface area contributed by atoms with Gasteiger partial charge in [0, 0.05) is 19.3 Å². The van der Waals surface area contributed by atoms with Crippen LogP contribution in [-0.4, -0.2) is 43.5 Å². The molecule has 1 unspecified atom stereocenters. The van der Waals surface area contributed by atoms with Crippen molar-refractivity contribution in [2.24, 2.45) is 7.05 Å². The number of hydrogen-bond acceptors (Lipinski definition) is 7. The van der Waals surface area contributed by atoms with Crippen LogP contribution in [0.5, 0.6) is 0 Å². The number of hydrogen-bond donors (Lipinski definition) is 2. The fourth-order valence-corrected chi connectivity index (χ4v) is 2.89. The number of aromatic amines is 1. The number of aryl methyl sites for hydroxylation is 1. The third kappa shape index (κ3) is 4.69. The standard InChI is InChI=1S/C15H19N5O4S/c1-4-10(25-15-16-7-6-11(21)18-15)13(22)19-12-9(8-17-20(12)3)14(23)24-5-2/h6-8,10H,4-5H2,1-3H3,(H,19,22)(H,16,18,21). The number of aromatic nitrogens is 4. The van der Waals surface area contributed by atoms with Crippen molar-refractivity contribution >= 4 is 29.5 Å². The van der Waals surface area contributed by atoms with E-state index in [0.717, 1.165) is 11.8 Å². The van der Waals surface area contributed by atoms with E-state index in [1.807, 2.05) is 6.92 Å². The number of amides is 1. The Hall–Kier alpha value is -2.62. The SMILES string of the molecule is CCOC(=O)c1cnn(C)c1NC(=O)C(CC)Sc1nccc(=O)[nH]1. The van der Waals surface area contributed by atoms with Crippen LogP contribution in [0.4, 0.5) is 5.82 Å². The molecule has 2 aromatic rings. The van der Waals surface area contributed by atoms with E-state index in [2.05, 4.69) is 20.4 Å². The number of H-pyrrole nitrogens is 1. The van der Waals surface area contributed by atoms with Gasteiger partial charge in [-0.3, -0.25) is 14.3 Å². The molecule has 10 heteroatoms. The highest BCUT2D eigenvalue weighted by Gasteiger charge is 2.24. The zero-order chi connectivity index (χ0) is 18.4. The van der Waals surface area contributed by atoms with Crippen molar-refractivity contribution in [3.05, 3.63) is 34.4 Å². The van der Waals surface area contributed by atoms with Crippen LogP contribution in [0.25, 0.3) is 0 Å². The number of thioether (sulfide) groups is 1. The summed E-state index contributed by atoms with van der Waals surface area (Å²) in [6.45, 7) is 3.76. The van der Waals surface area contributed by atoms with Gasteiger partial charge in [0.05, 0.1) is 18.1 Å². The summed E-state index contributed by atoms with van der Waals surface area (Å²) in [6.07, 6.45) is 3.23. The average molecular weight is 365 g/mol. The molecule has 2 rings (SSSR count). The van der Waals surface area contributed by atoms with Gasteiger partial charge in [-0.25, -0.2) is 9.78 Å². The van der Waals surface area contributed by atoms with E-state index in [9.17, 15) is 14.4 Å². The molecule has 0 fully saturated rings. The summed E-state index contributed by atoms with van der Waals surface area (Å²) >= 11 is 1.14. The van der Waals surface area contributed by atoms with Crippen LogP contribution in [-0.2, 0) is 16.6 Å². The molecule has 2 aromatic heterocycles. The highest BCUT2D eigenvalue weighted by molar-refractivity contribution is 8.00. The zero-order valence-corrected chi connectivity index (χ0v) is 14.9. The Kier molecular flexibility index (Phi) is 6.34. The van der Waals surface area contributed by atoms with E-state index in [4.69, 9.17) is 4.74 Å². The second-order valence-electron chi connectivity index (χ2n) is 4.99. The number of anilines is 1. The van der Waals surface area contributed by atoms with Gasteiger partial charge in [0.25, 0.3) is 5.56 Å². The molecule has 0 aliphatic rings. The molecule has 0 saturated carbocycles. The number of ether oxygens (including phenoxy) is 1. The minimum Gasteiger partial charge on any atom is -0.462 e. The van der Waals surface area contributed by atoms with Gasteiger partial charge in [-0.05, 0) is 13.3 Å². The molecule has 0 aliphatic heterocycles. The van der Waals surface area contributed by atoms with Crippen molar-refractivity contribution in [1.82, 2.24) is 19.7 Å². The molecule has 25 heavy (non-hydrogen) atoms. The normalized spacial score (nSPS) is 11.8. The Morgan fingerprint density at radius 3 is 2.84 bits per heavy atom. The first kappa shape index (κ1) is 18.7. The van der Waals surface area contributed by atoms with Crippen molar-refractivity contribution in [2.75, 3.05) is 11.9 Å². The van der Waals surface area contributed by atoms with Gasteiger partial charge < -0.3 is 15.0 Å². The summed E-state index contributed by atoms with van der Waals surface area (Å²) < 4.78 is 6.35. The summed E-state index contributed by atoms with van der Waals surface area (Å²) in [5.74, 6) is -0.620. The van der Waals surface area contributed by atoms with Crippen molar-refractivity contribution in [3.8, 4) is 0 Å². The van der Waals surface area contributed by atoms with Gasteiger partial charge in [-0.15, -0.1) is 0 Å². The molecule has 1 atom stereocenters. The maximum atomic E-state index is 12.6. The molecular formula is C15H19N5O4S. The Morgan fingerprint density at radius 1 is 1.44 bits per heavy atom. The molecule has 134 valence electrons. The van der Waals surface area contributed by atoms with Gasteiger partial charge in [-0.2, -0.15) is 5.10 Å². The Morgan fingerprint density at radius 2 is 2.20 bits per heavy atom. The molecule has 2 N–H and O–H groups in total. The number of carbonyl (C=O) groups is 2. The maximum Gasteiger partial charge on any atom is 0.343 e. The quantitative estimate of drug-likeness (QED) is 0.430. The lowest BCUT2D eigenvalue weighted by Gasteiger charge is -2.14. The molecule has 0 saturated heterocycles. The van der Waals surface area contributed by atoms with Crippen LogP contribution in [0, 0.1) is 0 Å². The van der Waals surface area contributed by atoms with Gasteiger partial charge in [0.2, 0.25) is 5.91 Å². The van der Waals surface area contributed by atoms with Crippen LogP contribution in [0.1, 0.15) is 30.6 Å². The Bertz CT molecular complexity index is 816. The zero-order valence-electron chi connectivity index (χ0n) is 14.1. The summed E-state index contributed by atoms with van der Waals surface area (Å²) in [5.41, 5.74) is -0.104. The number of nitrogens with one attached hydrogen (secondary N) is 2. The van der Waals surface area contributed by atoms with Crippen molar-refractivity contribution < 1.29 is 14.3 Å². The van der Waals surface area contributed by atoms with E-state index in [1.54, 1.807) is 14.0 Å². The molecular weight excluding hydrogens is 346 g/mol. The molecule has 2 heterocycles. The van der Waals surface area contributed by atoms with Gasteiger partial charge >= 0.3 is 5.97 Å². The van der Waals surface area contributed by atoms with Gasteiger partial charge in [0.1, 0.15) is 11.4 Å².